The molecule has 0 aromatic heterocycles. The number of hydrogen-bond donors (Lipinski definition) is 0. The summed E-state index contributed by atoms with van der Waals surface area (Å²) < 4.78 is 6.51. The molecule has 0 radical (unpaired) electrons. The fourth-order valence-electron chi connectivity index (χ4n) is 6.66. The third-order valence-corrected chi connectivity index (χ3v) is 8.50. The van der Waals surface area contributed by atoms with Crippen LogP contribution in [0, 0.1) is 0 Å². The Morgan fingerprint density at radius 3 is 2.08 bits per heavy atom. The largest absolute Gasteiger partial charge is 0.456 e. The van der Waals surface area contributed by atoms with Crippen LogP contribution in [0.3, 0.4) is 0 Å². The molecule has 1 nitrogen and oxygen atoms in total. The van der Waals surface area contributed by atoms with Gasteiger partial charge in [0.05, 0.1) is 0 Å². The highest BCUT2D eigenvalue weighted by Gasteiger charge is 2.36. The number of rotatable bonds is 2. The molecule has 180 valence electrons. The van der Waals surface area contributed by atoms with Crippen molar-refractivity contribution in [3.8, 4) is 56.0 Å². The van der Waals surface area contributed by atoms with Crippen molar-refractivity contribution in [3.63, 3.8) is 0 Å². The Morgan fingerprint density at radius 2 is 1.18 bits per heavy atom. The van der Waals surface area contributed by atoms with Crippen molar-refractivity contribution in [3.05, 3.63) is 132 Å². The summed E-state index contributed by atoms with van der Waals surface area (Å²) >= 11 is 0. The zero-order valence-electron chi connectivity index (χ0n) is 21.5. The lowest BCUT2D eigenvalue weighted by molar-refractivity contribution is 0.487. The topological polar surface area (TPSA) is 9.23 Å². The molecule has 6 aromatic rings. The first-order valence-electron chi connectivity index (χ1n) is 13.3. The first-order valence-corrected chi connectivity index (χ1v) is 13.3. The van der Waals surface area contributed by atoms with Crippen LogP contribution in [0.15, 0.2) is 121 Å². The molecule has 0 spiro atoms. The second-order valence-corrected chi connectivity index (χ2v) is 10.9. The van der Waals surface area contributed by atoms with E-state index in [1.807, 2.05) is 0 Å². The summed E-state index contributed by atoms with van der Waals surface area (Å²) in [5.74, 6) is 1.83. The first-order chi connectivity index (χ1) is 18.6. The maximum Gasteiger partial charge on any atom is 0.135 e. The lowest BCUT2D eigenvalue weighted by Crippen LogP contribution is -2.14. The lowest BCUT2D eigenvalue weighted by atomic mass is 9.81. The SMILES string of the molecule is CC1(C)c2ccccc2-c2c(-c3ccc4c5c(cccc35)-c3cc(-c5ccccc5)ccc3O4)cccc21. The summed E-state index contributed by atoms with van der Waals surface area (Å²) in [7, 11) is 0. The van der Waals surface area contributed by atoms with Gasteiger partial charge in [-0.2, -0.15) is 0 Å². The Bertz CT molecular complexity index is 1910. The van der Waals surface area contributed by atoms with Crippen molar-refractivity contribution in [2.75, 3.05) is 0 Å². The van der Waals surface area contributed by atoms with Gasteiger partial charge in [-0.05, 0) is 73.7 Å². The standard InChI is InChI=1S/C37H26O/c1-37(2)31-16-7-6-12-29(31)35-26(15-9-17-32(35)37)25-19-21-34-36-27(25)13-8-14-28(36)30-22-24(18-20-33(30)38-34)23-10-4-3-5-11-23/h3-22H,1-2H3. The van der Waals surface area contributed by atoms with Gasteiger partial charge in [0.15, 0.2) is 0 Å². The van der Waals surface area contributed by atoms with Gasteiger partial charge in [-0.3, -0.25) is 0 Å². The number of hydrogen-bond acceptors (Lipinski definition) is 1. The predicted octanol–water partition coefficient (Wildman–Crippen LogP) is 10.3. The molecule has 1 heterocycles. The van der Waals surface area contributed by atoms with Crippen LogP contribution in [0.1, 0.15) is 25.0 Å². The van der Waals surface area contributed by atoms with Gasteiger partial charge >= 0.3 is 0 Å². The summed E-state index contributed by atoms with van der Waals surface area (Å²) in [5.41, 5.74) is 12.8. The fourth-order valence-corrected chi connectivity index (χ4v) is 6.66. The Kier molecular flexibility index (Phi) is 4.35. The minimum absolute atomic E-state index is 0.0236. The zero-order valence-corrected chi connectivity index (χ0v) is 21.5. The molecule has 0 atom stereocenters. The molecule has 6 aromatic carbocycles. The van der Waals surface area contributed by atoms with E-state index in [1.54, 1.807) is 0 Å². The summed E-state index contributed by atoms with van der Waals surface area (Å²) in [6, 6.07) is 43.8. The second-order valence-electron chi connectivity index (χ2n) is 10.9. The van der Waals surface area contributed by atoms with Gasteiger partial charge in [-0.25, -0.2) is 0 Å². The Hall–Kier alpha value is -4.62. The molecular weight excluding hydrogens is 460 g/mol. The maximum absolute atomic E-state index is 6.51. The Morgan fingerprint density at radius 1 is 0.474 bits per heavy atom. The molecule has 1 aliphatic heterocycles. The molecule has 38 heavy (non-hydrogen) atoms. The molecule has 1 aliphatic carbocycles. The van der Waals surface area contributed by atoms with E-state index in [0.717, 1.165) is 17.1 Å². The van der Waals surface area contributed by atoms with Gasteiger partial charge in [0.1, 0.15) is 11.5 Å². The van der Waals surface area contributed by atoms with Crippen molar-refractivity contribution < 1.29 is 4.74 Å². The van der Waals surface area contributed by atoms with Crippen LogP contribution in [0.25, 0.3) is 55.3 Å². The first kappa shape index (κ1) is 21.5. The summed E-state index contributed by atoms with van der Waals surface area (Å²) in [6.07, 6.45) is 0. The van der Waals surface area contributed by atoms with Crippen molar-refractivity contribution >= 4 is 10.8 Å². The number of ether oxygens (including phenoxy) is 1. The Balaban J connectivity index is 1.38. The number of fused-ring (bicyclic) bond motifs is 5. The molecule has 0 fully saturated rings. The van der Waals surface area contributed by atoms with E-state index in [-0.39, 0.29) is 5.41 Å². The number of benzene rings is 6. The average molecular weight is 487 g/mol. The van der Waals surface area contributed by atoms with Gasteiger partial charge < -0.3 is 4.74 Å². The molecule has 0 N–H and O–H groups in total. The normalized spacial score (nSPS) is 13.9. The van der Waals surface area contributed by atoms with E-state index in [1.165, 1.54) is 60.8 Å². The van der Waals surface area contributed by atoms with Crippen LogP contribution in [-0.2, 0) is 5.41 Å². The molecule has 0 amide bonds. The highest BCUT2D eigenvalue weighted by molar-refractivity contribution is 6.12. The fraction of sp³-hybridized carbons (Fsp3) is 0.0811. The van der Waals surface area contributed by atoms with Crippen LogP contribution >= 0.6 is 0 Å². The molecule has 8 rings (SSSR count). The van der Waals surface area contributed by atoms with E-state index in [4.69, 9.17) is 4.74 Å². The van der Waals surface area contributed by atoms with Crippen LogP contribution in [-0.4, -0.2) is 0 Å². The predicted molar refractivity (Wildman–Crippen MR) is 158 cm³/mol. The van der Waals surface area contributed by atoms with Gasteiger partial charge in [0.25, 0.3) is 0 Å². The van der Waals surface area contributed by atoms with Crippen LogP contribution < -0.4 is 4.74 Å². The van der Waals surface area contributed by atoms with E-state index in [0.29, 0.717) is 0 Å². The average Bonchev–Trinajstić information content (AvgIpc) is 3.21. The molecular formula is C37H26O. The van der Waals surface area contributed by atoms with Crippen molar-refractivity contribution in [1.29, 1.82) is 0 Å². The maximum atomic E-state index is 6.51. The summed E-state index contributed by atoms with van der Waals surface area (Å²) in [4.78, 5) is 0. The highest BCUT2D eigenvalue weighted by Crippen LogP contribution is 2.54. The third kappa shape index (κ3) is 2.87. The minimum Gasteiger partial charge on any atom is -0.456 e. The molecule has 0 unspecified atom stereocenters. The lowest BCUT2D eigenvalue weighted by Gasteiger charge is -2.24. The monoisotopic (exact) mass is 486 g/mol. The smallest absolute Gasteiger partial charge is 0.135 e. The van der Waals surface area contributed by atoms with Crippen molar-refractivity contribution in [2.45, 2.75) is 19.3 Å². The van der Waals surface area contributed by atoms with E-state index in [9.17, 15) is 0 Å². The minimum atomic E-state index is -0.0236. The van der Waals surface area contributed by atoms with Crippen LogP contribution in [0.4, 0.5) is 0 Å². The summed E-state index contributed by atoms with van der Waals surface area (Å²) in [5, 5.41) is 2.41. The van der Waals surface area contributed by atoms with E-state index in [2.05, 4.69) is 135 Å². The highest BCUT2D eigenvalue weighted by atomic mass is 16.5. The molecule has 0 saturated carbocycles. The quantitative estimate of drug-likeness (QED) is 0.236. The van der Waals surface area contributed by atoms with Crippen molar-refractivity contribution in [1.82, 2.24) is 0 Å². The molecule has 0 bridgehead atoms. The Labute approximate surface area is 223 Å². The van der Waals surface area contributed by atoms with E-state index >= 15 is 0 Å². The molecule has 2 aliphatic rings. The summed E-state index contributed by atoms with van der Waals surface area (Å²) in [6.45, 7) is 4.68. The van der Waals surface area contributed by atoms with Gasteiger partial charge in [0.2, 0.25) is 0 Å². The van der Waals surface area contributed by atoms with Crippen molar-refractivity contribution in [2.24, 2.45) is 0 Å². The second kappa shape index (κ2) is 7.69. The third-order valence-electron chi connectivity index (χ3n) is 8.50. The van der Waals surface area contributed by atoms with E-state index < -0.39 is 0 Å². The van der Waals surface area contributed by atoms with Gasteiger partial charge in [-0.15, -0.1) is 0 Å². The van der Waals surface area contributed by atoms with Crippen LogP contribution in [0.5, 0.6) is 11.5 Å². The molecule has 0 saturated heterocycles. The molecule has 1 heteroatoms. The zero-order chi connectivity index (χ0) is 25.4. The van der Waals surface area contributed by atoms with Gasteiger partial charge in [0, 0.05) is 16.4 Å². The van der Waals surface area contributed by atoms with Gasteiger partial charge in [-0.1, -0.05) is 117 Å². The van der Waals surface area contributed by atoms with Crippen LogP contribution in [0.2, 0.25) is 0 Å².